The summed E-state index contributed by atoms with van der Waals surface area (Å²) in [6, 6.07) is 4.12. The Hall–Kier alpha value is -0.780. The minimum atomic E-state index is 0.650. The van der Waals surface area contributed by atoms with Crippen molar-refractivity contribution < 1.29 is 19.7 Å². The van der Waals surface area contributed by atoms with Crippen LogP contribution in [0.1, 0.15) is 25.8 Å². The predicted octanol–water partition coefficient (Wildman–Crippen LogP) is 0.845. The molecule has 120 valence electrons. The van der Waals surface area contributed by atoms with Crippen molar-refractivity contribution in [1.82, 2.24) is 0 Å². The van der Waals surface area contributed by atoms with Crippen molar-refractivity contribution in [2.24, 2.45) is 0 Å². The van der Waals surface area contributed by atoms with E-state index in [0.717, 1.165) is 42.0 Å². The molecule has 0 aliphatic heterocycles. The van der Waals surface area contributed by atoms with Crippen LogP contribution in [0.2, 0.25) is 0 Å². The maximum Gasteiger partial charge on any atom is 0.162 e. The third kappa shape index (κ3) is 6.68. The summed E-state index contributed by atoms with van der Waals surface area (Å²) in [6.45, 7) is 8.69. The normalized spacial score (nSPS) is 11.0. The van der Waals surface area contributed by atoms with Gasteiger partial charge >= 0.3 is 0 Å². The summed E-state index contributed by atoms with van der Waals surface area (Å²) in [7, 11) is 4.35. The lowest BCUT2D eigenvalue weighted by atomic mass is 10.2. The highest BCUT2D eigenvalue weighted by Gasteiger charge is 2.12. The van der Waals surface area contributed by atoms with E-state index >= 15 is 0 Å². The first-order valence-electron chi connectivity index (χ1n) is 7.77. The fourth-order valence-electron chi connectivity index (χ4n) is 1.98. The lowest BCUT2D eigenvalue weighted by Crippen LogP contribution is -3.09. The predicted molar refractivity (Wildman–Crippen MR) is 89.3 cm³/mol. The minimum Gasteiger partial charge on any atom is -0.490 e. The Morgan fingerprint density at radius 1 is 1.14 bits per heavy atom. The number of ether oxygens (including phenoxy) is 2. The second-order valence-corrected chi connectivity index (χ2v) is 6.26. The molecule has 0 radical (unpaired) electrons. The molecule has 0 amide bonds. The summed E-state index contributed by atoms with van der Waals surface area (Å²) in [6.07, 6.45) is 0.992. The highest BCUT2D eigenvalue weighted by atomic mass is 79.9. The van der Waals surface area contributed by atoms with Crippen LogP contribution < -0.4 is 19.7 Å². The molecule has 0 fully saturated rings. The van der Waals surface area contributed by atoms with Crippen molar-refractivity contribution in [2.75, 3.05) is 40.4 Å². The summed E-state index contributed by atoms with van der Waals surface area (Å²) >= 11 is 3.64. The number of hydrogen-bond donors (Lipinski definition) is 2. The Kier molecular flexibility index (Phi) is 8.73. The molecule has 1 rings (SSSR count). The van der Waals surface area contributed by atoms with Crippen molar-refractivity contribution in [3.05, 3.63) is 22.2 Å². The molecule has 0 aliphatic rings. The zero-order valence-corrected chi connectivity index (χ0v) is 15.3. The molecular formula is C16H29BrN2O2+2. The summed E-state index contributed by atoms with van der Waals surface area (Å²) in [5.41, 5.74) is 1.25. The van der Waals surface area contributed by atoms with Gasteiger partial charge in [-0.1, -0.05) is 22.9 Å². The maximum atomic E-state index is 5.76. The van der Waals surface area contributed by atoms with E-state index in [4.69, 9.17) is 9.47 Å². The molecule has 0 spiro atoms. The van der Waals surface area contributed by atoms with Crippen molar-refractivity contribution in [3.63, 3.8) is 0 Å². The van der Waals surface area contributed by atoms with Crippen LogP contribution in [0.4, 0.5) is 0 Å². The van der Waals surface area contributed by atoms with Gasteiger partial charge in [-0.25, -0.2) is 0 Å². The van der Waals surface area contributed by atoms with Crippen LogP contribution in [0.3, 0.4) is 0 Å². The summed E-state index contributed by atoms with van der Waals surface area (Å²) in [4.78, 5) is 1.48. The van der Waals surface area contributed by atoms with Crippen LogP contribution in [0.25, 0.3) is 0 Å². The summed E-state index contributed by atoms with van der Waals surface area (Å²) < 4.78 is 12.6. The molecule has 1 aromatic carbocycles. The zero-order chi connectivity index (χ0) is 15.7. The fraction of sp³-hybridized carbons (Fsp3) is 0.625. The van der Waals surface area contributed by atoms with Gasteiger partial charge < -0.3 is 19.7 Å². The van der Waals surface area contributed by atoms with E-state index < -0.39 is 0 Å². The molecule has 21 heavy (non-hydrogen) atoms. The van der Waals surface area contributed by atoms with Gasteiger partial charge in [-0.05, 0) is 25.5 Å². The van der Waals surface area contributed by atoms with Gasteiger partial charge in [0.1, 0.15) is 19.6 Å². The van der Waals surface area contributed by atoms with E-state index in [9.17, 15) is 0 Å². The number of nitrogens with two attached hydrogens (primary N) is 1. The largest absolute Gasteiger partial charge is 0.490 e. The van der Waals surface area contributed by atoms with Gasteiger partial charge in [-0.3, -0.25) is 0 Å². The van der Waals surface area contributed by atoms with Crippen molar-refractivity contribution in [3.8, 4) is 11.5 Å². The first kappa shape index (κ1) is 18.3. The Bertz CT molecular complexity index is 425. The van der Waals surface area contributed by atoms with Crippen LogP contribution in [0.5, 0.6) is 11.5 Å². The van der Waals surface area contributed by atoms with Gasteiger partial charge in [-0.2, -0.15) is 0 Å². The van der Waals surface area contributed by atoms with Gasteiger partial charge in [0.15, 0.2) is 11.5 Å². The number of quaternary nitrogens is 2. The number of halogens is 1. The summed E-state index contributed by atoms with van der Waals surface area (Å²) in [5, 5.41) is 2.33. The Labute approximate surface area is 136 Å². The number of likely N-dealkylation sites (N-methyl/N-ethyl adjacent to an activating group) is 1. The second-order valence-electron chi connectivity index (χ2n) is 5.41. The molecule has 0 atom stereocenters. The summed E-state index contributed by atoms with van der Waals surface area (Å²) in [5.74, 6) is 1.67. The van der Waals surface area contributed by atoms with Crippen LogP contribution in [-0.2, 0) is 6.54 Å². The molecule has 0 saturated carbocycles. The molecule has 0 heterocycles. The topological polar surface area (TPSA) is 39.5 Å². The smallest absolute Gasteiger partial charge is 0.162 e. The number of hydrogen-bond acceptors (Lipinski definition) is 2. The van der Waals surface area contributed by atoms with Gasteiger partial charge in [0.05, 0.1) is 27.3 Å². The lowest BCUT2D eigenvalue weighted by Gasteiger charge is -2.14. The molecule has 0 aliphatic carbocycles. The average molecular weight is 361 g/mol. The maximum absolute atomic E-state index is 5.76. The van der Waals surface area contributed by atoms with Crippen LogP contribution in [0.15, 0.2) is 16.6 Å². The van der Waals surface area contributed by atoms with E-state index in [-0.39, 0.29) is 0 Å². The van der Waals surface area contributed by atoms with Gasteiger partial charge in [-0.15, -0.1) is 0 Å². The van der Waals surface area contributed by atoms with Crippen LogP contribution >= 0.6 is 15.9 Å². The molecule has 1 aromatic rings. The monoisotopic (exact) mass is 360 g/mol. The van der Waals surface area contributed by atoms with Crippen LogP contribution in [0, 0.1) is 0 Å². The van der Waals surface area contributed by atoms with E-state index in [1.807, 2.05) is 13.0 Å². The molecule has 0 saturated heterocycles. The van der Waals surface area contributed by atoms with Gasteiger partial charge in [0.2, 0.25) is 0 Å². The molecule has 5 heteroatoms. The molecule has 3 N–H and O–H groups in total. The average Bonchev–Trinajstić information content (AvgIpc) is 2.44. The first-order chi connectivity index (χ1) is 10.1. The van der Waals surface area contributed by atoms with Crippen molar-refractivity contribution in [1.29, 1.82) is 0 Å². The van der Waals surface area contributed by atoms with Crippen LogP contribution in [-0.4, -0.2) is 40.4 Å². The molecule has 0 aromatic heterocycles. The van der Waals surface area contributed by atoms with E-state index in [1.165, 1.54) is 10.5 Å². The minimum absolute atomic E-state index is 0.650. The van der Waals surface area contributed by atoms with E-state index in [0.29, 0.717) is 13.2 Å². The highest BCUT2D eigenvalue weighted by Crippen LogP contribution is 2.33. The lowest BCUT2D eigenvalue weighted by molar-refractivity contribution is -0.875. The first-order valence-corrected chi connectivity index (χ1v) is 8.56. The van der Waals surface area contributed by atoms with Crippen molar-refractivity contribution >= 4 is 15.9 Å². The number of nitrogens with one attached hydrogen (secondary N) is 1. The molecule has 0 unspecified atom stereocenters. The highest BCUT2D eigenvalue weighted by molar-refractivity contribution is 9.10. The number of rotatable bonds is 10. The SMILES string of the molecule is CCCOc1cc(Br)c(C[NH2+]CC[NH+](C)C)cc1OCC. The second kappa shape index (κ2) is 10.0. The molecule has 0 bridgehead atoms. The number of benzene rings is 1. The molecule has 4 nitrogen and oxygen atoms in total. The van der Waals surface area contributed by atoms with Gasteiger partial charge in [0.25, 0.3) is 0 Å². The third-order valence-electron chi connectivity index (χ3n) is 3.09. The zero-order valence-electron chi connectivity index (χ0n) is 13.7. The Balaban J connectivity index is 2.73. The fourth-order valence-corrected chi connectivity index (χ4v) is 2.46. The third-order valence-corrected chi connectivity index (χ3v) is 3.83. The van der Waals surface area contributed by atoms with E-state index in [1.54, 1.807) is 0 Å². The van der Waals surface area contributed by atoms with Crippen molar-refractivity contribution in [2.45, 2.75) is 26.8 Å². The van der Waals surface area contributed by atoms with Gasteiger partial charge in [0, 0.05) is 10.0 Å². The molecular weight excluding hydrogens is 332 g/mol. The Morgan fingerprint density at radius 2 is 1.86 bits per heavy atom. The van der Waals surface area contributed by atoms with E-state index in [2.05, 4.69) is 48.3 Å². The Morgan fingerprint density at radius 3 is 2.48 bits per heavy atom. The standard InChI is InChI=1S/C16H27BrN2O2/c1-5-9-21-16-11-14(17)13(10-15(16)20-6-2)12-18-7-8-19(3)4/h10-11,18H,5-9,12H2,1-4H3/p+2. The quantitative estimate of drug-likeness (QED) is 0.607.